The third-order valence-electron chi connectivity index (χ3n) is 2.37. The lowest BCUT2D eigenvalue weighted by molar-refractivity contribution is 0.318. The largest absolute Gasteiger partial charge is 0.316 e. The van der Waals surface area contributed by atoms with E-state index >= 15 is 0 Å². The molecular formula is C8H15ClN2. The molecular weight excluding hydrogens is 160 g/mol. The number of rotatable bonds is 1. The number of nitriles is 1. The van der Waals surface area contributed by atoms with E-state index in [0.717, 1.165) is 19.5 Å². The van der Waals surface area contributed by atoms with E-state index in [-0.39, 0.29) is 17.8 Å². The fourth-order valence-electron chi connectivity index (χ4n) is 1.36. The van der Waals surface area contributed by atoms with Gasteiger partial charge >= 0.3 is 0 Å². The van der Waals surface area contributed by atoms with Crippen LogP contribution in [-0.2, 0) is 0 Å². The Morgan fingerprint density at radius 1 is 1.55 bits per heavy atom. The third kappa shape index (κ3) is 2.36. The van der Waals surface area contributed by atoms with Crippen molar-refractivity contribution in [2.45, 2.75) is 20.3 Å². The number of hydrogen-bond acceptors (Lipinski definition) is 2. The second-order valence-corrected chi connectivity index (χ2v) is 3.52. The molecule has 0 radical (unpaired) electrons. The molecule has 1 aliphatic heterocycles. The van der Waals surface area contributed by atoms with Gasteiger partial charge in [0.05, 0.1) is 11.5 Å². The third-order valence-corrected chi connectivity index (χ3v) is 2.37. The lowest BCUT2D eigenvalue weighted by Gasteiger charge is -2.22. The number of nitrogens with zero attached hydrogens (tertiary/aromatic N) is 1. The molecule has 2 nitrogen and oxygen atoms in total. The Morgan fingerprint density at radius 2 is 2.18 bits per heavy atom. The van der Waals surface area contributed by atoms with Crippen LogP contribution in [0.3, 0.4) is 0 Å². The van der Waals surface area contributed by atoms with Crippen LogP contribution in [0.15, 0.2) is 0 Å². The predicted octanol–water partition coefficient (Wildman–Crippen LogP) is 1.57. The summed E-state index contributed by atoms with van der Waals surface area (Å²) in [6, 6.07) is 2.34. The zero-order chi connectivity index (χ0) is 7.61. The Labute approximate surface area is 74.4 Å². The Balaban J connectivity index is 0.000001000. The van der Waals surface area contributed by atoms with Gasteiger partial charge in [-0.25, -0.2) is 0 Å². The maximum atomic E-state index is 8.78. The van der Waals surface area contributed by atoms with Crippen LogP contribution in [0.4, 0.5) is 0 Å². The average Bonchev–Trinajstić information content (AvgIpc) is 2.38. The molecule has 0 aliphatic carbocycles. The highest BCUT2D eigenvalue weighted by Crippen LogP contribution is 2.29. The van der Waals surface area contributed by atoms with Gasteiger partial charge in [-0.05, 0) is 39.3 Å². The number of hydrogen-bond donors (Lipinski definition) is 1. The van der Waals surface area contributed by atoms with Gasteiger partial charge in [0, 0.05) is 0 Å². The van der Waals surface area contributed by atoms with Crippen LogP contribution < -0.4 is 5.32 Å². The van der Waals surface area contributed by atoms with Gasteiger partial charge < -0.3 is 5.32 Å². The van der Waals surface area contributed by atoms with Gasteiger partial charge in [-0.15, -0.1) is 12.4 Å². The van der Waals surface area contributed by atoms with Crippen LogP contribution in [-0.4, -0.2) is 13.1 Å². The van der Waals surface area contributed by atoms with Gasteiger partial charge in [0.1, 0.15) is 0 Å². The molecule has 0 spiro atoms. The van der Waals surface area contributed by atoms with Crippen LogP contribution in [0.2, 0.25) is 0 Å². The van der Waals surface area contributed by atoms with E-state index < -0.39 is 0 Å². The second kappa shape index (κ2) is 3.94. The minimum absolute atomic E-state index is 0. The molecule has 1 rings (SSSR count). The highest BCUT2D eigenvalue weighted by Gasteiger charge is 2.31. The van der Waals surface area contributed by atoms with Gasteiger partial charge in [0.25, 0.3) is 0 Å². The van der Waals surface area contributed by atoms with Gasteiger partial charge in [0.2, 0.25) is 0 Å². The summed E-state index contributed by atoms with van der Waals surface area (Å²) in [6.07, 6.45) is 1.15. The molecule has 1 aliphatic rings. The SMILES string of the molecule is CC(C)(C#N)C1CCNC1.Cl. The fourth-order valence-corrected chi connectivity index (χ4v) is 1.36. The molecule has 0 aromatic heterocycles. The van der Waals surface area contributed by atoms with Crippen LogP contribution >= 0.6 is 12.4 Å². The minimum Gasteiger partial charge on any atom is -0.316 e. The van der Waals surface area contributed by atoms with Crippen molar-refractivity contribution in [1.29, 1.82) is 5.26 Å². The van der Waals surface area contributed by atoms with Crippen molar-refractivity contribution in [3.8, 4) is 6.07 Å². The first-order chi connectivity index (χ1) is 4.67. The normalized spacial score (nSPS) is 23.9. The quantitative estimate of drug-likeness (QED) is 0.655. The monoisotopic (exact) mass is 174 g/mol. The topological polar surface area (TPSA) is 35.8 Å². The van der Waals surface area contributed by atoms with Gasteiger partial charge in [-0.1, -0.05) is 0 Å². The number of halogens is 1. The molecule has 0 saturated carbocycles. The van der Waals surface area contributed by atoms with Gasteiger partial charge in [-0.3, -0.25) is 0 Å². The number of nitrogens with one attached hydrogen (secondary N) is 1. The molecule has 0 aromatic carbocycles. The van der Waals surface area contributed by atoms with Crippen LogP contribution in [0.25, 0.3) is 0 Å². The standard InChI is InChI=1S/C8H14N2.ClH/c1-8(2,6-9)7-3-4-10-5-7;/h7,10H,3-5H2,1-2H3;1H. The second-order valence-electron chi connectivity index (χ2n) is 3.52. The molecule has 1 atom stereocenters. The zero-order valence-corrected chi connectivity index (χ0v) is 7.87. The summed E-state index contributed by atoms with van der Waals surface area (Å²) < 4.78 is 0. The van der Waals surface area contributed by atoms with E-state index in [1.807, 2.05) is 13.8 Å². The highest BCUT2D eigenvalue weighted by molar-refractivity contribution is 5.85. The Hall–Kier alpha value is -0.260. The first kappa shape index (κ1) is 10.7. The summed E-state index contributed by atoms with van der Waals surface area (Å²) in [4.78, 5) is 0. The maximum Gasteiger partial charge on any atom is 0.0687 e. The Morgan fingerprint density at radius 3 is 2.55 bits per heavy atom. The molecule has 64 valence electrons. The fraction of sp³-hybridized carbons (Fsp3) is 0.875. The van der Waals surface area contributed by atoms with Crippen LogP contribution in [0, 0.1) is 22.7 Å². The Kier molecular flexibility index (Phi) is 3.85. The smallest absolute Gasteiger partial charge is 0.0687 e. The first-order valence-electron chi connectivity index (χ1n) is 3.79. The maximum absolute atomic E-state index is 8.78. The van der Waals surface area contributed by atoms with E-state index in [0.29, 0.717) is 5.92 Å². The molecule has 0 aromatic rings. The lowest BCUT2D eigenvalue weighted by atomic mass is 9.80. The predicted molar refractivity (Wildman–Crippen MR) is 47.6 cm³/mol. The lowest BCUT2D eigenvalue weighted by Crippen LogP contribution is -2.24. The van der Waals surface area contributed by atoms with Crippen molar-refractivity contribution >= 4 is 12.4 Å². The van der Waals surface area contributed by atoms with E-state index in [1.54, 1.807) is 0 Å². The van der Waals surface area contributed by atoms with E-state index in [2.05, 4.69) is 11.4 Å². The summed E-state index contributed by atoms with van der Waals surface area (Å²) in [5.41, 5.74) is -0.135. The molecule has 11 heavy (non-hydrogen) atoms. The molecule has 3 heteroatoms. The minimum atomic E-state index is -0.135. The molecule has 1 fully saturated rings. The van der Waals surface area contributed by atoms with Crippen molar-refractivity contribution < 1.29 is 0 Å². The summed E-state index contributed by atoms with van der Waals surface area (Å²) in [7, 11) is 0. The molecule has 0 amide bonds. The molecule has 1 heterocycles. The first-order valence-corrected chi connectivity index (χ1v) is 3.79. The Bertz CT molecular complexity index is 154. The van der Waals surface area contributed by atoms with Gasteiger partial charge in [0.15, 0.2) is 0 Å². The zero-order valence-electron chi connectivity index (χ0n) is 7.05. The van der Waals surface area contributed by atoms with E-state index in [9.17, 15) is 0 Å². The van der Waals surface area contributed by atoms with Crippen molar-refractivity contribution in [2.75, 3.05) is 13.1 Å². The molecule has 1 unspecified atom stereocenters. The van der Waals surface area contributed by atoms with Gasteiger partial charge in [-0.2, -0.15) is 5.26 Å². The van der Waals surface area contributed by atoms with Crippen molar-refractivity contribution in [1.82, 2.24) is 5.32 Å². The van der Waals surface area contributed by atoms with Crippen molar-refractivity contribution in [2.24, 2.45) is 11.3 Å². The molecule has 1 saturated heterocycles. The summed E-state index contributed by atoms with van der Waals surface area (Å²) >= 11 is 0. The van der Waals surface area contributed by atoms with Crippen LogP contribution in [0.1, 0.15) is 20.3 Å². The van der Waals surface area contributed by atoms with Crippen molar-refractivity contribution in [3.63, 3.8) is 0 Å². The van der Waals surface area contributed by atoms with E-state index in [1.165, 1.54) is 0 Å². The average molecular weight is 175 g/mol. The summed E-state index contributed by atoms with van der Waals surface area (Å²) in [5, 5.41) is 12.0. The molecule has 1 N–H and O–H groups in total. The van der Waals surface area contributed by atoms with Crippen LogP contribution in [0.5, 0.6) is 0 Å². The summed E-state index contributed by atoms with van der Waals surface area (Å²) in [6.45, 7) is 6.13. The molecule has 0 bridgehead atoms. The highest BCUT2D eigenvalue weighted by atomic mass is 35.5. The van der Waals surface area contributed by atoms with E-state index in [4.69, 9.17) is 5.26 Å². The summed E-state index contributed by atoms with van der Waals surface area (Å²) in [5.74, 6) is 0.553. The van der Waals surface area contributed by atoms with Crippen molar-refractivity contribution in [3.05, 3.63) is 0 Å².